The maximum Gasteiger partial charge on any atom is 0.331 e. The van der Waals surface area contributed by atoms with Gasteiger partial charge in [0.05, 0.1) is 6.54 Å². The molecule has 0 aliphatic carbocycles. The molecule has 28 heavy (non-hydrogen) atoms. The van der Waals surface area contributed by atoms with E-state index in [4.69, 9.17) is 4.74 Å². The Hall–Kier alpha value is -3.41. The Kier molecular flexibility index (Phi) is 7.51. The third-order valence-electron chi connectivity index (χ3n) is 4.10. The fourth-order valence-corrected chi connectivity index (χ4v) is 2.51. The predicted molar refractivity (Wildman–Crippen MR) is 109 cm³/mol. The molecule has 6 heteroatoms. The Bertz CT molecular complexity index is 855. The van der Waals surface area contributed by atoms with Crippen molar-refractivity contribution < 1.29 is 19.1 Å². The summed E-state index contributed by atoms with van der Waals surface area (Å²) in [6, 6.07) is 15.0. The molecule has 0 bridgehead atoms. The van der Waals surface area contributed by atoms with Crippen LogP contribution in [0.2, 0.25) is 0 Å². The second kappa shape index (κ2) is 10.1. The van der Waals surface area contributed by atoms with Crippen LogP contribution in [0.25, 0.3) is 6.08 Å². The van der Waals surface area contributed by atoms with Crippen molar-refractivity contribution in [2.45, 2.75) is 13.8 Å². The van der Waals surface area contributed by atoms with Crippen LogP contribution in [0.5, 0.6) is 0 Å². The standard InChI is InChI=1S/C22H24N2O4/c1-16-8-7-9-17(2)22(16)23-19(25)14-24(3)20(26)15-28-21(27)13-12-18-10-5-4-6-11-18/h4-13H,14-15H2,1-3H3,(H,23,25)/b13-12+. The lowest BCUT2D eigenvalue weighted by molar-refractivity contribution is -0.148. The first-order valence-electron chi connectivity index (χ1n) is 8.86. The van der Waals surface area contributed by atoms with Crippen molar-refractivity contribution in [2.75, 3.05) is 25.5 Å². The molecule has 0 spiro atoms. The smallest absolute Gasteiger partial charge is 0.331 e. The summed E-state index contributed by atoms with van der Waals surface area (Å²) in [5.41, 5.74) is 3.49. The molecule has 0 fully saturated rings. The number of para-hydroxylation sites is 1. The quantitative estimate of drug-likeness (QED) is 0.592. The van der Waals surface area contributed by atoms with Crippen LogP contribution in [0.1, 0.15) is 16.7 Å². The number of amides is 2. The van der Waals surface area contributed by atoms with Crippen LogP contribution in [0.3, 0.4) is 0 Å². The van der Waals surface area contributed by atoms with Crippen LogP contribution in [0.4, 0.5) is 5.69 Å². The molecule has 1 N–H and O–H groups in total. The summed E-state index contributed by atoms with van der Waals surface area (Å²) >= 11 is 0. The minimum Gasteiger partial charge on any atom is -0.452 e. The number of nitrogens with one attached hydrogen (secondary N) is 1. The van der Waals surface area contributed by atoms with E-state index < -0.39 is 18.5 Å². The fourth-order valence-electron chi connectivity index (χ4n) is 2.51. The molecule has 0 unspecified atom stereocenters. The van der Waals surface area contributed by atoms with Crippen LogP contribution in [0.15, 0.2) is 54.6 Å². The number of carbonyl (C=O) groups excluding carboxylic acids is 3. The molecule has 0 aromatic heterocycles. The zero-order valence-corrected chi connectivity index (χ0v) is 16.3. The largest absolute Gasteiger partial charge is 0.452 e. The van der Waals surface area contributed by atoms with Gasteiger partial charge in [-0.05, 0) is 36.6 Å². The first kappa shape index (κ1) is 20.9. The van der Waals surface area contributed by atoms with Gasteiger partial charge in [0.15, 0.2) is 6.61 Å². The SMILES string of the molecule is Cc1cccc(C)c1NC(=O)CN(C)C(=O)COC(=O)/C=C/c1ccccc1. The third kappa shape index (κ3) is 6.39. The van der Waals surface area contributed by atoms with Crippen LogP contribution in [0, 0.1) is 13.8 Å². The number of likely N-dealkylation sites (N-methyl/N-ethyl adjacent to an activating group) is 1. The second-order valence-corrected chi connectivity index (χ2v) is 6.42. The number of rotatable bonds is 7. The summed E-state index contributed by atoms with van der Waals surface area (Å²) < 4.78 is 4.94. The van der Waals surface area contributed by atoms with Crippen LogP contribution >= 0.6 is 0 Å². The molecule has 2 aromatic rings. The molecule has 0 atom stereocenters. The molecule has 0 heterocycles. The van der Waals surface area contributed by atoms with E-state index >= 15 is 0 Å². The maximum atomic E-state index is 12.2. The summed E-state index contributed by atoms with van der Waals surface area (Å²) in [5.74, 6) is -1.40. The Balaban J connectivity index is 1.79. The van der Waals surface area contributed by atoms with E-state index in [2.05, 4.69) is 5.32 Å². The number of carbonyl (C=O) groups is 3. The molecule has 0 aliphatic heterocycles. The number of nitrogens with zero attached hydrogens (tertiary/aromatic N) is 1. The first-order chi connectivity index (χ1) is 13.4. The van der Waals surface area contributed by atoms with Crippen molar-refractivity contribution in [3.8, 4) is 0 Å². The lowest BCUT2D eigenvalue weighted by atomic mass is 10.1. The number of esters is 1. The van der Waals surface area contributed by atoms with Gasteiger partial charge in [-0.1, -0.05) is 48.5 Å². The van der Waals surface area contributed by atoms with Gasteiger partial charge >= 0.3 is 5.97 Å². The molecule has 0 saturated heterocycles. The highest BCUT2D eigenvalue weighted by atomic mass is 16.5. The molecule has 2 rings (SSSR count). The van der Waals surface area contributed by atoms with E-state index in [0.717, 1.165) is 22.4 Å². The van der Waals surface area contributed by atoms with Crippen molar-refractivity contribution in [2.24, 2.45) is 0 Å². The van der Waals surface area contributed by atoms with Crippen molar-refractivity contribution >= 4 is 29.5 Å². The van der Waals surface area contributed by atoms with Gasteiger partial charge in [-0.25, -0.2) is 4.79 Å². The molecule has 146 valence electrons. The summed E-state index contributed by atoms with van der Waals surface area (Å²) in [4.78, 5) is 37.2. The average molecular weight is 380 g/mol. The van der Waals surface area contributed by atoms with Gasteiger partial charge in [0.2, 0.25) is 5.91 Å². The van der Waals surface area contributed by atoms with Crippen molar-refractivity contribution in [1.29, 1.82) is 0 Å². The summed E-state index contributed by atoms with van der Waals surface area (Å²) in [6.45, 7) is 3.24. The summed E-state index contributed by atoms with van der Waals surface area (Å²) in [6.07, 6.45) is 2.87. The molecule has 0 radical (unpaired) electrons. The Morgan fingerprint density at radius 3 is 2.29 bits per heavy atom. The maximum absolute atomic E-state index is 12.2. The van der Waals surface area contributed by atoms with Gasteiger partial charge in [0.25, 0.3) is 5.91 Å². The van der Waals surface area contributed by atoms with E-state index in [1.54, 1.807) is 6.08 Å². The molecule has 0 aliphatic rings. The molecule has 6 nitrogen and oxygen atoms in total. The van der Waals surface area contributed by atoms with Crippen LogP contribution in [-0.4, -0.2) is 42.9 Å². The summed E-state index contributed by atoms with van der Waals surface area (Å²) in [5, 5.41) is 2.82. The second-order valence-electron chi connectivity index (χ2n) is 6.42. The molecular weight excluding hydrogens is 356 g/mol. The monoisotopic (exact) mass is 380 g/mol. The Labute approximate surface area is 164 Å². The number of hydrogen-bond donors (Lipinski definition) is 1. The lowest BCUT2D eigenvalue weighted by Gasteiger charge is -2.18. The van der Waals surface area contributed by atoms with E-state index in [1.807, 2.05) is 62.4 Å². The minimum atomic E-state index is -0.620. The Morgan fingerprint density at radius 1 is 1.00 bits per heavy atom. The zero-order chi connectivity index (χ0) is 20.5. The van der Waals surface area contributed by atoms with Crippen molar-refractivity contribution in [3.05, 3.63) is 71.3 Å². The van der Waals surface area contributed by atoms with E-state index in [9.17, 15) is 14.4 Å². The van der Waals surface area contributed by atoms with Crippen molar-refractivity contribution in [3.63, 3.8) is 0 Å². The van der Waals surface area contributed by atoms with E-state index in [0.29, 0.717) is 0 Å². The number of anilines is 1. The number of benzene rings is 2. The van der Waals surface area contributed by atoms with Crippen LogP contribution < -0.4 is 5.32 Å². The molecule has 2 aromatic carbocycles. The van der Waals surface area contributed by atoms with Crippen molar-refractivity contribution in [1.82, 2.24) is 4.90 Å². The van der Waals surface area contributed by atoms with Gasteiger partial charge in [-0.15, -0.1) is 0 Å². The first-order valence-corrected chi connectivity index (χ1v) is 8.86. The number of aryl methyl sites for hydroxylation is 2. The van der Waals surface area contributed by atoms with Gasteiger partial charge in [0, 0.05) is 18.8 Å². The third-order valence-corrected chi connectivity index (χ3v) is 4.10. The van der Waals surface area contributed by atoms with E-state index in [-0.39, 0.29) is 12.5 Å². The van der Waals surface area contributed by atoms with Gasteiger partial charge in [-0.3, -0.25) is 9.59 Å². The normalized spacial score (nSPS) is 10.5. The highest BCUT2D eigenvalue weighted by Crippen LogP contribution is 2.19. The lowest BCUT2D eigenvalue weighted by Crippen LogP contribution is -2.37. The molecule has 2 amide bonds. The topological polar surface area (TPSA) is 75.7 Å². The number of hydrogen-bond acceptors (Lipinski definition) is 4. The van der Waals surface area contributed by atoms with Gasteiger partial charge in [0.1, 0.15) is 0 Å². The van der Waals surface area contributed by atoms with Crippen LogP contribution in [-0.2, 0) is 19.1 Å². The van der Waals surface area contributed by atoms with E-state index in [1.165, 1.54) is 18.0 Å². The average Bonchev–Trinajstić information content (AvgIpc) is 2.68. The highest BCUT2D eigenvalue weighted by Gasteiger charge is 2.15. The van der Waals surface area contributed by atoms with Gasteiger partial charge in [-0.2, -0.15) is 0 Å². The minimum absolute atomic E-state index is 0.135. The van der Waals surface area contributed by atoms with Gasteiger partial charge < -0.3 is 15.0 Å². The molecular formula is C22H24N2O4. The summed E-state index contributed by atoms with van der Waals surface area (Å²) in [7, 11) is 1.49. The molecule has 0 saturated carbocycles. The predicted octanol–water partition coefficient (Wildman–Crippen LogP) is 2.96. The number of ether oxygens (including phenoxy) is 1. The fraction of sp³-hybridized carbons (Fsp3) is 0.227. The Morgan fingerprint density at radius 2 is 1.64 bits per heavy atom. The zero-order valence-electron chi connectivity index (χ0n) is 16.3. The highest BCUT2D eigenvalue weighted by molar-refractivity contribution is 5.96.